The predicted octanol–water partition coefficient (Wildman–Crippen LogP) is 5.30. The molecule has 5 heteroatoms. The summed E-state index contributed by atoms with van der Waals surface area (Å²) in [5, 5.41) is 1.19. The number of aromatic amines is 1. The van der Waals surface area contributed by atoms with Gasteiger partial charge in [0, 0.05) is 28.2 Å². The zero-order valence-electron chi connectivity index (χ0n) is 19.1. The maximum absolute atomic E-state index is 14.0. The van der Waals surface area contributed by atoms with Gasteiger partial charge in [-0.2, -0.15) is 0 Å². The molecule has 0 saturated heterocycles. The van der Waals surface area contributed by atoms with E-state index in [1.165, 1.54) is 17.0 Å². The van der Waals surface area contributed by atoms with Gasteiger partial charge in [-0.05, 0) is 81.4 Å². The zero-order valence-corrected chi connectivity index (χ0v) is 19.1. The molecule has 0 spiro atoms. The number of H-pyrrole nitrogens is 1. The van der Waals surface area contributed by atoms with Gasteiger partial charge < -0.3 is 10.7 Å². The molecule has 0 radical (unpaired) electrons. The summed E-state index contributed by atoms with van der Waals surface area (Å²) in [4.78, 5) is 18.0. The summed E-state index contributed by atoms with van der Waals surface area (Å²) < 4.78 is 14.0. The first kappa shape index (κ1) is 22.3. The van der Waals surface area contributed by atoms with Crippen LogP contribution < -0.4 is 5.73 Å². The Bertz CT molecular complexity index is 1150. The molecule has 1 unspecified atom stereocenters. The number of nitrogens with zero attached hydrogens (tertiary/aromatic N) is 1. The standard InChI is InChI=1S/C27H32FN3O/c1-18(15-20-17-30-24-10-5-4-9-23(20)24)25(26(29)32)19-11-13-27(14-12-19,31(2)3)21-7-6-8-22(28)16-21/h4-10,16-18,30H,11-15H2,1-3H3,(H2,29,32). The fourth-order valence-electron chi connectivity index (χ4n) is 5.50. The number of fused-ring (bicyclic) bond motifs is 1. The molecule has 32 heavy (non-hydrogen) atoms. The molecule has 4 rings (SSSR count). The topological polar surface area (TPSA) is 62.1 Å². The van der Waals surface area contributed by atoms with E-state index in [1.54, 1.807) is 12.1 Å². The number of halogens is 1. The maximum atomic E-state index is 14.0. The number of para-hydroxylation sites is 1. The lowest BCUT2D eigenvalue weighted by Crippen LogP contribution is -2.43. The highest BCUT2D eigenvalue weighted by molar-refractivity contribution is 5.93. The van der Waals surface area contributed by atoms with Gasteiger partial charge in [-0.15, -0.1) is 0 Å². The van der Waals surface area contributed by atoms with Crippen molar-refractivity contribution in [3.05, 3.63) is 82.8 Å². The Morgan fingerprint density at radius 3 is 2.53 bits per heavy atom. The number of nitrogens with two attached hydrogens (primary N) is 1. The SMILES string of the molecule is CC(Cc1c[nH]c2ccccc12)C(C(N)=O)=C1CCC(c2cccc(F)c2)(N(C)C)CC1. The average Bonchev–Trinajstić information content (AvgIpc) is 3.17. The van der Waals surface area contributed by atoms with Gasteiger partial charge in [-0.3, -0.25) is 9.69 Å². The maximum Gasteiger partial charge on any atom is 0.244 e. The van der Waals surface area contributed by atoms with Gasteiger partial charge in [0.1, 0.15) is 5.82 Å². The number of hydrogen-bond acceptors (Lipinski definition) is 2. The van der Waals surface area contributed by atoms with E-state index in [-0.39, 0.29) is 23.2 Å². The molecule has 1 aromatic heterocycles. The number of aromatic nitrogens is 1. The third-order valence-corrected chi connectivity index (χ3v) is 7.24. The second-order valence-corrected chi connectivity index (χ2v) is 9.28. The van der Waals surface area contributed by atoms with Crippen LogP contribution in [0.5, 0.6) is 0 Å². The summed E-state index contributed by atoms with van der Waals surface area (Å²) in [5.74, 6) is -0.506. The third-order valence-electron chi connectivity index (χ3n) is 7.24. The number of carbonyl (C=O) groups excluding carboxylic acids is 1. The number of primary amides is 1. The van der Waals surface area contributed by atoms with Crippen molar-refractivity contribution in [2.75, 3.05) is 14.1 Å². The van der Waals surface area contributed by atoms with Crippen molar-refractivity contribution < 1.29 is 9.18 Å². The molecule has 168 valence electrons. The van der Waals surface area contributed by atoms with E-state index in [2.05, 4.69) is 28.9 Å². The lowest BCUT2D eigenvalue weighted by atomic mass is 9.72. The summed E-state index contributed by atoms with van der Waals surface area (Å²) in [7, 11) is 4.10. The summed E-state index contributed by atoms with van der Waals surface area (Å²) >= 11 is 0. The van der Waals surface area contributed by atoms with Gasteiger partial charge in [-0.1, -0.05) is 42.8 Å². The van der Waals surface area contributed by atoms with Crippen LogP contribution in [-0.4, -0.2) is 29.9 Å². The molecule has 3 aromatic rings. The van der Waals surface area contributed by atoms with E-state index in [0.29, 0.717) is 0 Å². The lowest BCUT2D eigenvalue weighted by molar-refractivity contribution is -0.115. The normalized spacial score (nSPS) is 20.0. The van der Waals surface area contributed by atoms with E-state index in [9.17, 15) is 9.18 Å². The highest BCUT2D eigenvalue weighted by atomic mass is 19.1. The summed E-state index contributed by atoms with van der Waals surface area (Å²) in [6.07, 6.45) is 6.02. The predicted molar refractivity (Wildman–Crippen MR) is 128 cm³/mol. The molecular weight excluding hydrogens is 401 g/mol. The van der Waals surface area contributed by atoms with E-state index < -0.39 is 0 Å². The lowest BCUT2D eigenvalue weighted by Gasteiger charge is -2.44. The Hall–Kier alpha value is -2.92. The molecule has 4 nitrogen and oxygen atoms in total. The highest BCUT2D eigenvalue weighted by Gasteiger charge is 2.38. The van der Waals surface area contributed by atoms with Crippen molar-refractivity contribution >= 4 is 16.8 Å². The van der Waals surface area contributed by atoms with E-state index in [1.807, 2.05) is 38.5 Å². The van der Waals surface area contributed by atoms with E-state index in [4.69, 9.17) is 5.73 Å². The summed E-state index contributed by atoms with van der Waals surface area (Å²) in [5.41, 5.74) is 10.9. The van der Waals surface area contributed by atoms with Gasteiger partial charge in [0.05, 0.1) is 0 Å². The molecule has 1 fully saturated rings. The average molecular weight is 434 g/mol. The molecule has 1 heterocycles. The number of carbonyl (C=O) groups is 1. The number of hydrogen-bond donors (Lipinski definition) is 2. The van der Waals surface area contributed by atoms with Crippen molar-refractivity contribution in [1.82, 2.24) is 9.88 Å². The molecule has 1 amide bonds. The van der Waals surface area contributed by atoms with Crippen LogP contribution >= 0.6 is 0 Å². The highest BCUT2D eigenvalue weighted by Crippen LogP contribution is 2.44. The van der Waals surface area contributed by atoms with Gasteiger partial charge in [0.15, 0.2) is 0 Å². The molecule has 3 N–H and O–H groups in total. The van der Waals surface area contributed by atoms with Gasteiger partial charge in [0.25, 0.3) is 0 Å². The minimum absolute atomic E-state index is 0.0303. The van der Waals surface area contributed by atoms with Crippen molar-refractivity contribution in [3.63, 3.8) is 0 Å². The Morgan fingerprint density at radius 2 is 1.88 bits per heavy atom. The smallest absolute Gasteiger partial charge is 0.244 e. The van der Waals surface area contributed by atoms with Crippen LogP contribution in [0.2, 0.25) is 0 Å². The number of nitrogens with one attached hydrogen (secondary N) is 1. The monoisotopic (exact) mass is 433 g/mol. The number of rotatable bonds is 6. The van der Waals surface area contributed by atoms with Crippen LogP contribution in [0.25, 0.3) is 10.9 Å². The molecule has 1 aliphatic carbocycles. The molecular formula is C27H32FN3O. The molecule has 2 aromatic carbocycles. The first-order valence-corrected chi connectivity index (χ1v) is 11.3. The van der Waals surface area contributed by atoms with Crippen molar-refractivity contribution in [1.29, 1.82) is 0 Å². The van der Waals surface area contributed by atoms with Crippen LogP contribution in [0.15, 0.2) is 65.9 Å². The third kappa shape index (κ3) is 4.09. The largest absolute Gasteiger partial charge is 0.366 e. The molecule has 1 atom stereocenters. The second-order valence-electron chi connectivity index (χ2n) is 9.28. The van der Waals surface area contributed by atoms with Crippen LogP contribution in [0, 0.1) is 11.7 Å². The first-order valence-electron chi connectivity index (χ1n) is 11.3. The molecule has 1 saturated carbocycles. The second kappa shape index (κ2) is 8.91. The van der Waals surface area contributed by atoms with Crippen LogP contribution in [-0.2, 0) is 16.8 Å². The Labute approximate surface area is 189 Å². The van der Waals surface area contributed by atoms with Crippen molar-refractivity contribution in [2.24, 2.45) is 11.7 Å². The van der Waals surface area contributed by atoms with Crippen LogP contribution in [0.1, 0.15) is 43.7 Å². The number of amides is 1. The molecule has 0 bridgehead atoms. The fourth-order valence-corrected chi connectivity index (χ4v) is 5.50. The first-order chi connectivity index (χ1) is 15.3. The Kier molecular flexibility index (Phi) is 6.20. The summed E-state index contributed by atoms with van der Waals surface area (Å²) in [6.45, 7) is 2.09. The van der Waals surface area contributed by atoms with Gasteiger partial charge in [-0.25, -0.2) is 4.39 Å². The quantitative estimate of drug-likeness (QED) is 0.518. The van der Waals surface area contributed by atoms with Gasteiger partial charge >= 0.3 is 0 Å². The van der Waals surface area contributed by atoms with E-state index >= 15 is 0 Å². The van der Waals surface area contributed by atoms with Crippen molar-refractivity contribution in [3.8, 4) is 0 Å². The van der Waals surface area contributed by atoms with Crippen molar-refractivity contribution in [2.45, 2.75) is 44.6 Å². The minimum atomic E-state index is -0.324. The number of benzene rings is 2. The summed E-state index contributed by atoms with van der Waals surface area (Å²) in [6, 6.07) is 15.1. The van der Waals surface area contributed by atoms with Crippen LogP contribution in [0.4, 0.5) is 4.39 Å². The zero-order chi connectivity index (χ0) is 22.9. The Morgan fingerprint density at radius 1 is 1.16 bits per heavy atom. The number of allylic oxidation sites excluding steroid dienone is 1. The molecule has 1 aliphatic rings. The van der Waals surface area contributed by atoms with Crippen LogP contribution in [0.3, 0.4) is 0 Å². The minimum Gasteiger partial charge on any atom is -0.366 e. The van der Waals surface area contributed by atoms with Gasteiger partial charge in [0.2, 0.25) is 5.91 Å². The molecule has 0 aliphatic heterocycles. The fraction of sp³-hybridized carbons (Fsp3) is 0.370. The van der Waals surface area contributed by atoms with E-state index in [0.717, 1.165) is 54.3 Å². The Balaban J connectivity index is 1.60.